The van der Waals surface area contributed by atoms with Crippen LogP contribution < -0.4 is 5.32 Å². The van der Waals surface area contributed by atoms with Crippen molar-refractivity contribution in [2.45, 2.75) is 19.8 Å². The van der Waals surface area contributed by atoms with Crippen LogP contribution in [0, 0.1) is 5.92 Å². The van der Waals surface area contributed by atoms with E-state index in [0.717, 1.165) is 6.54 Å². The third-order valence-corrected chi connectivity index (χ3v) is 1.94. The molecule has 0 aromatic carbocycles. The van der Waals surface area contributed by atoms with E-state index >= 15 is 0 Å². The van der Waals surface area contributed by atoms with E-state index < -0.39 is 5.97 Å². The topological polar surface area (TPSA) is 69.6 Å². The van der Waals surface area contributed by atoms with Crippen molar-refractivity contribution in [3.63, 3.8) is 0 Å². The molecule has 0 aliphatic heterocycles. The van der Waals surface area contributed by atoms with Gasteiger partial charge in [-0.1, -0.05) is 6.92 Å². The number of hydrogen-bond donors (Lipinski definition) is 2. The summed E-state index contributed by atoms with van der Waals surface area (Å²) in [6, 6.07) is 0. The molecule has 0 aliphatic rings. The Hall–Kier alpha value is -1.10. The quantitative estimate of drug-likeness (QED) is 0.636. The first kappa shape index (κ1) is 13.9. The maximum absolute atomic E-state index is 11.3. The molecular formula is C10H20N2O3. The molecule has 0 saturated carbocycles. The molecule has 0 fully saturated rings. The average molecular weight is 216 g/mol. The van der Waals surface area contributed by atoms with Gasteiger partial charge in [0.05, 0.1) is 0 Å². The second-order valence-electron chi connectivity index (χ2n) is 4.06. The van der Waals surface area contributed by atoms with Gasteiger partial charge in [-0.2, -0.15) is 0 Å². The molecule has 1 atom stereocenters. The molecule has 5 nitrogen and oxygen atoms in total. The van der Waals surface area contributed by atoms with E-state index in [4.69, 9.17) is 5.11 Å². The van der Waals surface area contributed by atoms with Gasteiger partial charge in [0.2, 0.25) is 5.91 Å². The number of carboxylic acid groups (broad SMARTS) is 1. The van der Waals surface area contributed by atoms with Gasteiger partial charge in [0.15, 0.2) is 0 Å². The van der Waals surface area contributed by atoms with Gasteiger partial charge in [-0.15, -0.1) is 0 Å². The van der Waals surface area contributed by atoms with Gasteiger partial charge in [0.25, 0.3) is 0 Å². The molecule has 0 spiro atoms. The summed E-state index contributed by atoms with van der Waals surface area (Å²) in [7, 11) is 3.86. The Kier molecular flexibility index (Phi) is 6.70. The van der Waals surface area contributed by atoms with Crippen LogP contribution in [-0.2, 0) is 9.59 Å². The Labute approximate surface area is 90.5 Å². The molecule has 15 heavy (non-hydrogen) atoms. The number of carbonyl (C=O) groups excluding carboxylic acids is 1. The van der Waals surface area contributed by atoms with Crippen LogP contribution in [0.4, 0.5) is 0 Å². The van der Waals surface area contributed by atoms with Crippen LogP contribution in [0.5, 0.6) is 0 Å². The van der Waals surface area contributed by atoms with Crippen molar-refractivity contribution in [3.8, 4) is 0 Å². The first-order valence-electron chi connectivity index (χ1n) is 5.05. The molecule has 2 N–H and O–H groups in total. The number of rotatable bonds is 7. The molecule has 0 saturated heterocycles. The van der Waals surface area contributed by atoms with Crippen molar-refractivity contribution in [3.05, 3.63) is 0 Å². The van der Waals surface area contributed by atoms with E-state index in [1.54, 1.807) is 6.92 Å². The third kappa shape index (κ3) is 9.21. The number of carboxylic acids is 1. The fourth-order valence-corrected chi connectivity index (χ4v) is 1.18. The Balaban J connectivity index is 3.60. The zero-order valence-corrected chi connectivity index (χ0v) is 9.62. The van der Waals surface area contributed by atoms with Crippen LogP contribution in [0.2, 0.25) is 0 Å². The van der Waals surface area contributed by atoms with Gasteiger partial charge in [0.1, 0.15) is 0 Å². The van der Waals surface area contributed by atoms with Gasteiger partial charge in [-0.3, -0.25) is 9.59 Å². The predicted octanol–water partition coefficient (Wildman–Crippen LogP) is 0.165. The number of aliphatic carboxylic acids is 1. The van der Waals surface area contributed by atoms with Crippen LogP contribution in [0.3, 0.4) is 0 Å². The summed E-state index contributed by atoms with van der Waals surface area (Å²) in [5.74, 6) is -1.05. The minimum atomic E-state index is -0.858. The van der Waals surface area contributed by atoms with E-state index in [1.807, 2.05) is 19.0 Å². The molecule has 0 heterocycles. The predicted molar refractivity (Wildman–Crippen MR) is 57.6 cm³/mol. The van der Waals surface area contributed by atoms with Crippen molar-refractivity contribution in [1.29, 1.82) is 0 Å². The van der Waals surface area contributed by atoms with Crippen molar-refractivity contribution in [1.82, 2.24) is 10.2 Å². The molecule has 0 radical (unpaired) electrons. The highest BCUT2D eigenvalue weighted by Gasteiger charge is 2.11. The molecule has 0 aromatic rings. The molecule has 0 bridgehead atoms. The molecule has 0 rings (SSSR count). The molecule has 1 amide bonds. The minimum Gasteiger partial charge on any atom is -0.481 e. The van der Waals surface area contributed by atoms with Crippen molar-refractivity contribution in [2.24, 2.45) is 5.92 Å². The van der Waals surface area contributed by atoms with Gasteiger partial charge < -0.3 is 15.3 Å². The smallest absolute Gasteiger partial charge is 0.303 e. The van der Waals surface area contributed by atoms with E-state index in [0.29, 0.717) is 6.54 Å². The third-order valence-electron chi connectivity index (χ3n) is 1.94. The Bertz CT molecular complexity index is 217. The lowest BCUT2D eigenvalue weighted by atomic mass is 10.0. The molecule has 88 valence electrons. The minimum absolute atomic E-state index is 0.0428. The highest BCUT2D eigenvalue weighted by molar-refractivity contribution is 5.77. The van der Waals surface area contributed by atoms with Crippen LogP contribution in [0.25, 0.3) is 0 Å². The largest absolute Gasteiger partial charge is 0.481 e. The lowest BCUT2D eigenvalue weighted by Crippen LogP contribution is -2.32. The van der Waals surface area contributed by atoms with Crippen molar-refractivity contribution >= 4 is 11.9 Å². The highest BCUT2D eigenvalue weighted by Crippen LogP contribution is 2.06. The second-order valence-corrected chi connectivity index (χ2v) is 4.06. The van der Waals surface area contributed by atoms with Gasteiger partial charge >= 0.3 is 5.97 Å². The number of carbonyl (C=O) groups is 2. The average Bonchev–Trinajstić information content (AvgIpc) is 2.00. The molecule has 0 aliphatic carbocycles. The van der Waals surface area contributed by atoms with E-state index in [2.05, 4.69) is 5.32 Å². The number of amides is 1. The summed E-state index contributed by atoms with van der Waals surface area (Å²) in [5, 5.41) is 11.3. The number of hydrogen-bond acceptors (Lipinski definition) is 3. The Morgan fingerprint density at radius 1 is 1.33 bits per heavy atom. The fraction of sp³-hybridized carbons (Fsp3) is 0.800. The lowest BCUT2D eigenvalue weighted by Gasteiger charge is -2.12. The SMILES string of the molecule is CC(CC(=O)O)CC(=O)NCCN(C)C. The Morgan fingerprint density at radius 3 is 2.40 bits per heavy atom. The summed E-state index contributed by atoms with van der Waals surface area (Å²) < 4.78 is 0. The van der Waals surface area contributed by atoms with E-state index in [1.165, 1.54) is 0 Å². The summed E-state index contributed by atoms with van der Waals surface area (Å²) in [5.41, 5.74) is 0. The van der Waals surface area contributed by atoms with Crippen molar-refractivity contribution < 1.29 is 14.7 Å². The molecular weight excluding hydrogens is 196 g/mol. The van der Waals surface area contributed by atoms with E-state index in [9.17, 15) is 9.59 Å². The summed E-state index contributed by atoms with van der Waals surface area (Å²) in [6.45, 7) is 3.16. The first-order valence-corrected chi connectivity index (χ1v) is 5.05. The highest BCUT2D eigenvalue weighted by atomic mass is 16.4. The fourth-order valence-electron chi connectivity index (χ4n) is 1.18. The van der Waals surface area contributed by atoms with Gasteiger partial charge in [-0.25, -0.2) is 0 Å². The molecule has 1 unspecified atom stereocenters. The van der Waals surface area contributed by atoms with E-state index in [-0.39, 0.29) is 24.7 Å². The molecule has 5 heteroatoms. The van der Waals surface area contributed by atoms with Crippen LogP contribution in [0.15, 0.2) is 0 Å². The standard InChI is InChI=1S/C10H20N2O3/c1-8(7-10(14)15)6-9(13)11-4-5-12(2)3/h8H,4-7H2,1-3H3,(H,11,13)(H,14,15). The summed E-state index contributed by atoms with van der Waals surface area (Å²) >= 11 is 0. The number of nitrogens with one attached hydrogen (secondary N) is 1. The van der Waals surface area contributed by atoms with Gasteiger partial charge in [0, 0.05) is 25.9 Å². The zero-order valence-electron chi connectivity index (χ0n) is 9.62. The maximum Gasteiger partial charge on any atom is 0.303 e. The maximum atomic E-state index is 11.3. The second kappa shape index (κ2) is 7.23. The Morgan fingerprint density at radius 2 is 1.93 bits per heavy atom. The molecule has 0 aromatic heterocycles. The lowest BCUT2D eigenvalue weighted by molar-refractivity contribution is -0.138. The summed E-state index contributed by atoms with van der Waals surface area (Å²) in [6.07, 6.45) is 0.320. The van der Waals surface area contributed by atoms with Gasteiger partial charge in [-0.05, 0) is 20.0 Å². The van der Waals surface area contributed by atoms with Crippen molar-refractivity contribution in [2.75, 3.05) is 27.2 Å². The first-order chi connectivity index (χ1) is 6.91. The van der Waals surface area contributed by atoms with Crippen LogP contribution >= 0.6 is 0 Å². The summed E-state index contributed by atoms with van der Waals surface area (Å²) in [4.78, 5) is 23.6. The number of nitrogens with zero attached hydrogens (tertiary/aromatic N) is 1. The monoisotopic (exact) mass is 216 g/mol. The normalized spacial score (nSPS) is 12.5. The number of likely N-dealkylation sites (N-methyl/N-ethyl adjacent to an activating group) is 1. The van der Waals surface area contributed by atoms with Crippen LogP contribution in [-0.4, -0.2) is 49.1 Å². The van der Waals surface area contributed by atoms with Crippen LogP contribution in [0.1, 0.15) is 19.8 Å². The zero-order chi connectivity index (χ0) is 11.8.